The normalized spacial score (nSPS) is 10.7. The lowest BCUT2D eigenvalue weighted by Crippen LogP contribution is -2.00. The van der Waals surface area contributed by atoms with Gasteiger partial charge >= 0.3 is 0 Å². The van der Waals surface area contributed by atoms with Crippen molar-refractivity contribution in [3.8, 4) is 0 Å². The number of benzene rings is 2. The monoisotopic (exact) mass is 327 g/mol. The Labute approximate surface area is 126 Å². The quantitative estimate of drug-likeness (QED) is 0.721. The highest BCUT2D eigenvalue weighted by Gasteiger charge is 2.08. The molecule has 0 saturated carbocycles. The van der Waals surface area contributed by atoms with Gasteiger partial charge in [-0.25, -0.2) is 0 Å². The summed E-state index contributed by atoms with van der Waals surface area (Å²) in [5, 5.41) is 4.45. The van der Waals surface area contributed by atoms with E-state index < -0.39 is 0 Å². The van der Waals surface area contributed by atoms with Crippen molar-refractivity contribution in [2.45, 2.75) is 6.92 Å². The summed E-state index contributed by atoms with van der Waals surface area (Å²) in [4.78, 5) is 4.35. The molecule has 0 fully saturated rings. The number of aromatic nitrogens is 1. The highest BCUT2D eigenvalue weighted by Crippen LogP contribution is 2.32. The second kappa shape index (κ2) is 5.13. The van der Waals surface area contributed by atoms with Crippen LogP contribution in [0.3, 0.4) is 0 Å². The molecule has 100 valence electrons. The van der Waals surface area contributed by atoms with E-state index in [0.29, 0.717) is 5.69 Å². The SMILES string of the molecule is Cc1ccc(Br)cc1Nc1c(N)cnc2ccccc12. The third-order valence-corrected chi connectivity index (χ3v) is 3.76. The van der Waals surface area contributed by atoms with Crippen LogP contribution in [0.1, 0.15) is 5.56 Å². The van der Waals surface area contributed by atoms with Crippen molar-refractivity contribution < 1.29 is 0 Å². The van der Waals surface area contributed by atoms with Gasteiger partial charge in [0.1, 0.15) is 0 Å². The molecular formula is C16H14BrN3. The molecule has 3 aromatic rings. The predicted octanol–water partition coefficient (Wildman–Crippen LogP) is 4.63. The van der Waals surface area contributed by atoms with E-state index in [-0.39, 0.29) is 0 Å². The van der Waals surface area contributed by atoms with Crippen LogP contribution in [0.5, 0.6) is 0 Å². The van der Waals surface area contributed by atoms with E-state index in [1.165, 1.54) is 0 Å². The molecule has 2 aromatic carbocycles. The third kappa shape index (κ3) is 2.34. The molecule has 0 aliphatic heterocycles. The molecule has 0 amide bonds. The minimum Gasteiger partial charge on any atom is -0.396 e. The van der Waals surface area contributed by atoms with Crippen molar-refractivity contribution in [2.75, 3.05) is 11.1 Å². The number of anilines is 3. The van der Waals surface area contributed by atoms with Crippen molar-refractivity contribution in [2.24, 2.45) is 0 Å². The van der Waals surface area contributed by atoms with Crippen molar-refractivity contribution in [1.82, 2.24) is 4.98 Å². The van der Waals surface area contributed by atoms with Crippen LogP contribution >= 0.6 is 15.9 Å². The fourth-order valence-electron chi connectivity index (χ4n) is 2.16. The van der Waals surface area contributed by atoms with E-state index in [1.54, 1.807) is 6.20 Å². The van der Waals surface area contributed by atoms with Gasteiger partial charge in [0.15, 0.2) is 0 Å². The Morgan fingerprint density at radius 3 is 2.80 bits per heavy atom. The van der Waals surface area contributed by atoms with Gasteiger partial charge in [-0.2, -0.15) is 0 Å². The van der Waals surface area contributed by atoms with Crippen LogP contribution in [0.15, 0.2) is 53.1 Å². The summed E-state index contributed by atoms with van der Waals surface area (Å²) < 4.78 is 1.03. The zero-order chi connectivity index (χ0) is 14.1. The zero-order valence-corrected chi connectivity index (χ0v) is 12.6. The molecule has 1 aromatic heterocycles. The summed E-state index contributed by atoms with van der Waals surface area (Å²) in [5.74, 6) is 0. The fraction of sp³-hybridized carbons (Fsp3) is 0.0625. The molecule has 3 rings (SSSR count). The van der Waals surface area contributed by atoms with E-state index in [2.05, 4.69) is 39.2 Å². The Hall–Kier alpha value is -2.07. The lowest BCUT2D eigenvalue weighted by molar-refractivity contribution is 1.39. The van der Waals surface area contributed by atoms with Crippen LogP contribution in [0.25, 0.3) is 10.9 Å². The maximum Gasteiger partial charge on any atom is 0.0746 e. The molecule has 0 bridgehead atoms. The molecule has 0 spiro atoms. The Bertz CT molecular complexity index is 784. The van der Waals surface area contributed by atoms with Gasteiger partial charge in [0, 0.05) is 15.5 Å². The number of aryl methyl sites for hydroxylation is 1. The summed E-state index contributed by atoms with van der Waals surface area (Å²) in [6.45, 7) is 2.06. The number of para-hydroxylation sites is 1. The van der Waals surface area contributed by atoms with Crippen LogP contribution in [-0.4, -0.2) is 4.98 Å². The van der Waals surface area contributed by atoms with E-state index in [4.69, 9.17) is 5.73 Å². The number of halogens is 1. The van der Waals surface area contributed by atoms with E-state index in [9.17, 15) is 0 Å². The van der Waals surface area contributed by atoms with Gasteiger partial charge in [0.05, 0.1) is 23.1 Å². The molecule has 3 N–H and O–H groups in total. The average molecular weight is 328 g/mol. The number of fused-ring (bicyclic) bond motifs is 1. The number of hydrogen-bond acceptors (Lipinski definition) is 3. The van der Waals surface area contributed by atoms with Crippen LogP contribution in [0, 0.1) is 6.92 Å². The number of nitrogens with one attached hydrogen (secondary N) is 1. The van der Waals surface area contributed by atoms with Crippen LogP contribution in [0.4, 0.5) is 17.1 Å². The number of pyridine rings is 1. The molecular weight excluding hydrogens is 314 g/mol. The Balaban J connectivity index is 2.15. The second-order valence-corrected chi connectivity index (χ2v) is 5.61. The van der Waals surface area contributed by atoms with Gasteiger partial charge in [-0.1, -0.05) is 40.2 Å². The Kier molecular flexibility index (Phi) is 3.32. The van der Waals surface area contributed by atoms with Crippen molar-refractivity contribution in [1.29, 1.82) is 0 Å². The topological polar surface area (TPSA) is 50.9 Å². The van der Waals surface area contributed by atoms with Crippen molar-refractivity contribution in [3.63, 3.8) is 0 Å². The van der Waals surface area contributed by atoms with Gasteiger partial charge in [-0.3, -0.25) is 4.98 Å². The van der Waals surface area contributed by atoms with Crippen LogP contribution in [-0.2, 0) is 0 Å². The number of hydrogen-bond donors (Lipinski definition) is 2. The fourth-order valence-corrected chi connectivity index (χ4v) is 2.52. The first kappa shape index (κ1) is 12.9. The van der Waals surface area contributed by atoms with Gasteiger partial charge in [-0.05, 0) is 30.7 Å². The third-order valence-electron chi connectivity index (χ3n) is 3.26. The van der Waals surface area contributed by atoms with E-state index in [1.807, 2.05) is 36.4 Å². The lowest BCUT2D eigenvalue weighted by atomic mass is 10.1. The molecule has 1 heterocycles. The molecule has 0 saturated heterocycles. The molecule has 0 unspecified atom stereocenters. The molecule has 20 heavy (non-hydrogen) atoms. The van der Waals surface area contributed by atoms with E-state index in [0.717, 1.165) is 32.3 Å². The maximum atomic E-state index is 6.09. The van der Waals surface area contributed by atoms with Crippen LogP contribution < -0.4 is 11.1 Å². The molecule has 4 heteroatoms. The minimum absolute atomic E-state index is 0.642. The summed E-state index contributed by atoms with van der Waals surface area (Å²) in [6, 6.07) is 14.1. The first-order chi connectivity index (χ1) is 9.65. The first-order valence-corrected chi connectivity index (χ1v) is 7.11. The Morgan fingerprint density at radius 1 is 1.15 bits per heavy atom. The van der Waals surface area contributed by atoms with Gasteiger partial charge in [0.2, 0.25) is 0 Å². The van der Waals surface area contributed by atoms with Crippen molar-refractivity contribution >= 4 is 43.9 Å². The highest BCUT2D eigenvalue weighted by atomic mass is 79.9. The van der Waals surface area contributed by atoms with Gasteiger partial charge in [-0.15, -0.1) is 0 Å². The van der Waals surface area contributed by atoms with E-state index >= 15 is 0 Å². The standard InChI is InChI=1S/C16H14BrN3/c1-10-6-7-11(17)8-15(10)20-16-12-4-2-3-5-14(12)19-9-13(16)18/h2-9H,18H2,1H3,(H,19,20). The van der Waals surface area contributed by atoms with Crippen molar-refractivity contribution in [3.05, 3.63) is 58.7 Å². The number of rotatable bonds is 2. The summed E-state index contributed by atoms with van der Waals surface area (Å²) in [7, 11) is 0. The molecule has 3 nitrogen and oxygen atoms in total. The number of nitrogens with two attached hydrogens (primary N) is 1. The maximum absolute atomic E-state index is 6.09. The van der Waals surface area contributed by atoms with Gasteiger partial charge in [0.25, 0.3) is 0 Å². The molecule has 0 aliphatic rings. The highest BCUT2D eigenvalue weighted by molar-refractivity contribution is 9.10. The zero-order valence-electron chi connectivity index (χ0n) is 11.0. The second-order valence-electron chi connectivity index (χ2n) is 4.69. The average Bonchev–Trinajstić information content (AvgIpc) is 2.46. The summed E-state index contributed by atoms with van der Waals surface area (Å²) in [5.41, 5.74) is 10.7. The molecule has 0 atom stereocenters. The first-order valence-electron chi connectivity index (χ1n) is 6.31. The summed E-state index contributed by atoms with van der Waals surface area (Å²) >= 11 is 3.49. The molecule has 0 aliphatic carbocycles. The van der Waals surface area contributed by atoms with Gasteiger partial charge < -0.3 is 11.1 Å². The summed E-state index contributed by atoms with van der Waals surface area (Å²) in [6.07, 6.45) is 1.69. The smallest absolute Gasteiger partial charge is 0.0746 e. The number of nitrogens with zero attached hydrogens (tertiary/aromatic N) is 1. The number of nitrogen functional groups attached to an aromatic ring is 1. The Morgan fingerprint density at radius 2 is 1.95 bits per heavy atom. The molecule has 0 radical (unpaired) electrons. The van der Waals surface area contributed by atoms with Crippen LogP contribution in [0.2, 0.25) is 0 Å². The lowest BCUT2D eigenvalue weighted by Gasteiger charge is -2.14. The minimum atomic E-state index is 0.642. The largest absolute Gasteiger partial charge is 0.396 e. The predicted molar refractivity (Wildman–Crippen MR) is 88.3 cm³/mol.